The molecule has 1 saturated heterocycles. The topological polar surface area (TPSA) is 198 Å². The number of hydrogen-bond donors (Lipinski definition) is 4. The number of esters is 1. The molecule has 4 rings (SSSR count). The number of halogens is 4. The molecule has 1 unspecified atom stereocenters. The number of ether oxygens (including phenoxy) is 2. The van der Waals surface area contributed by atoms with Gasteiger partial charge in [-0.1, -0.05) is 30.3 Å². The fourth-order valence-electron chi connectivity index (χ4n) is 6.53. The highest BCUT2D eigenvalue weighted by atomic mass is 19.2. The molecule has 0 radical (unpaired) electrons. The molecule has 3 aromatic rings. The van der Waals surface area contributed by atoms with Gasteiger partial charge in [-0.05, 0) is 48.6 Å². The van der Waals surface area contributed by atoms with Crippen molar-refractivity contribution in [3.05, 3.63) is 94.6 Å². The van der Waals surface area contributed by atoms with Crippen LogP contribution in [0.15, 0.2) is 54.6 Å². The first-order chi connectivity index (χ1) is 27.6. The van der Waals surface area contributed by atoms with Crippen LogP contribution >= 0.6 is 0 Å². The summed E-state index contributed by atoms with van der Waals surface area (Å²) in [7, 11) is 0. The molecule has 19 heteroatoms. The summed E-state index contributed by atoms with van der Waals surface area (Å²) in [5.41, 5.74) is 1.10. The quantitative estimate of drug-likeness (QED) is 0.0510. The van der Waals surface area contributed by atoms with E-state index in [1.165, 1.54) is 12.1 Å². The summed E-state index contributed by atoms with van der Waals surface area (Å²) in [6.45, 7) is -0.219. The summed E-state index contributed by atoms with van der Waals surface area (Å²) in [6, 6.07) is 12.4. The first-order valence-electron chi connectivity index (χ1n) is 18.2. The minimum Gasteiger partial charge on any atom is -0.494 e. The van der Waals surface area contributed by atoms with Crippen LogP contribution in [0, 0.1) is 23.3 Å². The molecule has 3 aromatic carbocycles. The van der Waals surface area contributed by atoms with Crippen molar-refractivity contribution in [1.29, 1.82) is 0 Å². The van der Waals surface area contributed by atoms with Gasteiger partial charge in [0.15, 0.2) is 11.6 Å². The molecule has 1 atom stereocenters. The number of aryl methyl sites for hydroxylation is 1. The molecule has 0 aromatic heterocycles. The second-order valence-corrected chi connectivity index (χ2v) is 13.6. The Balaban J connectivity index is 1.44. The van der Waals surface area contributed by atoms with E-state index in [0.29, 0.717) is 17.7 Å². The molecule has 0 bridgehead atoms. The number of rotatable bonds is 17. The van der Waals surface area contributed by atoms with Crippen LogP contribution in [-0.4, -0.2) is 155 Å². The lowest BCUT2D eigenvalue weighted by atomic mass is 10.0. The fourth-order valence-corrected chi connectivity index (χ4v) is 6.53. The number of carboxylic acid groups (broad SMARTS) is 4. The van der Waals surface area contributed by atoms with Crippen LogP contribution in [0.25, 0.3) is 0 Å². The van der Waals surface area contributed by atoms with Crippen molar-refractivity contribution in [2.45, 2.75) is 25.3 Å². The summed E-state index contributed by atoms with van der Waals surface area (Å²) in [4.78, 5) is 66.4. The van der Waals surface area contributed by atoms with Gasteiger partial charge >= 0.3 is 29.8 Å². The van der Waals surface area contributed by atoms with Crippen LogP contribution in [0.3, 0.4) is 0 Å². The average Bonchev–Trinajstić information content (AvgIpc) is 3.15. The van der Waals surface area contributed by atoms with Crippen molar-refractivity contribution in [3.8, 4) is 11.5 Å². The average molecular weight is 821 g/mol. The molecular weight excluding hydrogens is 776 g/mol. The predicted molar refractivity (Wildman–Crippen MR) is 197 cm³/mol. The molecule has 15 nitrogen and oxygen atoms in total. The van der Waals surface area contributed by atoms with Gasteiger partial charge in [-0.2, -0.15) is 8.78 Å². The van der Waals surface area contributed by atoms with Gasteiger partial charge in [0.1, 0.15) is 5.75 Å². The normalized spacial score (nSPS) is 16.5. The summed E-state index contributed by atoms with van der Waals surface area (Å²) in [5.74, 6) is -13.8. The Labute approximate surface area is 330 Å². The first kappa shape index (κ1) is 45.1. The Morgan fingerprint density at radius 3 is 1.74 bits per heavy atom. The number of hydrogen-bond acceptors (Lipinski definition) is 11. The van der Waals surface area contributed by atoms with E-state index < -0.39 is 71.5 Å². The van der Waals surface area contributed by atoms with E-state index in [-0.39, 0.29) is 96.5 Å². The van der Waals surface area contributed by atoms with E-state index in [4.69, 9.17) is 9.47 Å². The Morgan fingerprint density at radius 1 is 0.655 bits per heavy atom. The fraction of sp³-hybridized carbons (Fsp3) is 0.410. The molecule has 1 fully saturated rings. The molecule has 0 saturated carbocycles. The zero-order valence-corrected chi connectivity index (χ0v) is 31.3. The highest BCUT2D eigenvalue weighted by molar-refractivity contribution is 5.92. The minimum absolute atomic E-state index is 0.000601. The Morgan fingerprint density at radius 2 is 1.17 bits per heavy atom. The molecule has 58 heavy (non-hydrogen) atoms. The predicted octanol–water partition coefficient (Wildman–Crippen LogP) is 2.94. The number of carbonyl (C=O) groups excluding carboxylic acids is 1. The van der Waals surface area contributed by atoms with E-state index in [2.05, 4.69) is 0 Å². The van der Waals surface area contributed by atoms with Crippen LogP contribution in [0.2, 0.25) is 0 Å². The van der Waals surface area contributed by atoms with Crippen LogP contribution in [0.5, 0.6) is 11.5 Å². The summed E-state index contributed by atoms with van der Waals surface area (Å²) >= 11 is 0. The molecule has 4 N–H and O–H groups in total. The van der Waals surface area contributed by atoms with Gasteiger partial charge in [-0.15, -0.1) is 0 Å². The molecular formula is C39H44F4N4O11. The van der Waals surface area contributed by atoms with Gasteiger partial charge in [0.25, 0.3) is 0 Å². The molecule has 0 amide bonds. The SMILES string of the molecule is O=C(O)CN1CCN(CC(=O)O)CCN(CC(=O)O)C(Cc2ccc(OCCCc3ccccc3C(=O)Oc3c(F)c(F)cc(F)c3F)cc2)CN(CC(=O)O)CC1. The summed E-state index contributed by atoms with van der Waals surface area (Å²) in [6.07, 6.45) is 0.875. The van der Waals surface area contributed by atoms with Gasteiger partial charge < -0.3 is 29.9 Å². The van der Waals surface area contributed by atoms with Crippen molar-refractivity contribution in [1.82, 2.24) is 19.6 Å². The summed E-state index contributed by atoms with van der Waals surface area (Å²) in [5, 5.41) is 38.5. The monoisotopic (exact) mass is 820 g/mol. The molecule has 1 aliphatic rings. The molecule has 314 valence electrons. The highest BCUT2D eigenvalue weighted by Gasteiger charge is 2.28. The maximum absolute atomic E-state index is 14.1. The lowest BCUT2D eigenvalue weighted by molar-refractivity contribution is -0.142. The Hall–Kier alpha value is -5.63. The van der Waals surface area contributed by atoms with E-state index in [9.17, 15) is 62.0 Å². The zero-order chi connectivity index (χ0) is 42.4. The first-order valence-corrected chi connectivity index (χ1v) is 18.2. The van der Waals surface area contributed by atoms with Crippen LogP contribution < -0.4 is 9.47 Å². The number of carbonyl (C=O) groups is 5. The number of benzene rings is 3. The smallest absolute Gasteiger partial charge is 0.344 e. The van der Waals surface area contributed by atoms with Gasteiger partial charge in [-0.3, -0.25) is 38.8 Å². The molecule has 0 aliphatic carbocycles. The van der Waals surface area contributed by atoms with Gasteiger partial charge in [0.05, 0.1) is 38.3 Å². The van der Waals surface area contributed by atoms with Crippen molar-refractivity contribution >= 4 is 29.8 Å². The highest BCUT2D eigenvalue weighted by Crippen LogP contribution is 2.28. The van der Waals surface area contributed by atoms with Gasteiger partial charge in [-0.25, -0.2) is 13.6 Å². The van der Waals surface area contributed by atoms with Crippen LogP contribution in [0.4, 0.5) is 17.6 Å². The standard InChI is InChI=1S/C39H44F4N4O11/c40-30-19-31(41)37(43)38(36(30)42)58-39(56)29-6-2-1-4-26(29)5-3-17-57-28-9-7-25(8-10-28)18-27-20-46(23-34(52)53)14-13-44(21-32(48)49)11-12-45(22-33(50)51)15-16-47(27)24-35(54)55/h1-2,4,6-10,19,27H,3,5,11-18,20-24H2,(H,48,49)(H,50,51)(H,52,53)(H,54,55). The van der Waals surface area contributed by atoms with E-state index in [0.717, 1.165) is 5.56 Å². The number of aliphatic carboxylic acids is 4. The Bertz CT molecular complexity index is 1890. The number of carboxylic acids is 4. The maximum Gasteiger partial charge on any atom is 0.344 e. The van der Waals surface area contributed by atoms with E-state index >= 15 is 0 Å². The lowest BCUT2D eigenvalue weighted by Gasteiger charge is -2.37. The van der Waals surface area contributed by atoms with Gasteiger partial charge in [0.2, 0.25) is 17.4 Å². The molecule has 0 spiro atoms. The third-order valence-electron chi connectivity index (χ3n) is 9.33. The third-order valence-corrected chi connectivity index (χ3v) is 9.33. The molecule has 1 aliphatic heterocycles. The van der Waals surface area contributed by atoms with Crippen molar-refractivity contribution < 1.29 is 71.4 Å². The molecule has 1 heterocycles. The van der Waals surface area contributed by atoms with Crippen LogP contribution in [-0.2, 0) is 32.0 Å². The van der Waals surface area contributed by atoms with Crippen LogP contribution in [0.1, 0.15) is 27.9 Å². The lowest BCUT2D eigenvalue weighted by Crippen LogP contribution is -2.53. The third kappa shape index (κ3) is 14.1. The van der Waals surface area contributed by atoms with Crippen molar-refractivity contribution in [3.63, 3.8) is 0 Å². The van der Waals surface area contributed by atoms with Crippen molar-refractivity contribution in [2.24, 2.45) is 0 Å². The van der Waals surface area contributed by atoms with E-state index in [1.807, 2.05) is 0 Å². The van der Waals surface area contributed by atoms with Crippen molar-refractivity contribution in [2.75, 3.05) is 78.6 Å². The zero-order valence-electron chi connectivity index (χ0n) is 31.3. The second kappa shape index (κ2) is 21.8. The Kier molecular flexibility index (Phi) is 16.9. The summed E-state index contributed by atoms with van der Waals surface area (Å²) < 4.78 is 66.1. The number of nitrogens with zero attached hydrogens (tertiary/aromatic N) is 4. The minimum atomic E-state index is -1.85. The van der Waals surface area contributed by atoms with Gasteiger partial charge in [0, 0.05) is 57.9 Å². The maximum atomic E-state index is 14.1. The largest absolute Gasteiger partial charge is 0.494 e. The second-order valence-electron chi connectivity index (χ2n) is 13.6. The van der Waals surface area contributed by atoms with E-state index in [1.54, 1.807) is 56.0 Å².